The van der Waals surface area contributed by atoms with Gasteiger partial charge < -0.3 is 0 Å². The van der Waals surface area contributed by atoms with Gasteiger partial charge in [-0.3, -0.25) is 0 Å². The van der Waals surface area contributed by atoms with Gasteiger partial charge in [0.25, 0.3) is 0 Å². The monoisotopic (exact) mass is 968 g/mol. The average Bonchev–Trinajstić information content (AvgIpc) is 4.06. The first kappa shape index (κ1) is 40.7. The first-order valence-corrected chi connectivity index (χ1v) is 27.2. The first-order valence-electron chi connectivity index (χ1n) is 25.5. The summed E-state index contributed by atoms with van der Waals surface area (Å²) < 4.78 is 5.27. The maximum Gasteiger partial charge on any atom is 0.0355 e. The Morgan fingerprint density at radius 3 is 1.01 bits per heavy atom. The van der Waals surface area contributed by atoms with Crippen LogP contribution < -0.4 is 0 Å². The van der Waals surface area contributed by atoms with Crippen LogP contribution in [-0.2, 0) is 0 Å². The number of hydrogen-bond acceptors (Lipinski definition) is 2. The van der Waals surface area contributed by atoms with Crippen molar-refractivity contribution in [3.63, 3.8) is 0 Å². The Balaban J connectivity index is 1.06. The lowest BCUT2D eigenvalue weighted by molar-refractivity contribution is 1.54. The number of rotatable bonds is 2. The van der Waals surface area contributed by atoms with E-state index in [1.165, 1.54) is 172 Å². The molecule has 0 atom stereocenters. The van der Waals surface area contributed by atoms with E-state index in [1.54, 1.807) is 0 Å². The summed E-state index contributed by atoms with van der Waals surface area (Å²) in [7, 11) is 0. The van der Waals surface area contributed by atoms with Crippen LogP contribution >= 0.6 is 22.7 Å². The fraction of sp³-hybridized carbons (Fsp3) is 0. The third-order valence-electron chi connectivity index (χ3n) is 16.4. The largest absolute Gasteiger partial charge is 0.135 e. The van der Waals surface area contributed by atoms with E-state index in [0.29, 0.717) is 0 Å². The molecule has 0 radical (unpaired) electrons. The Morgan fingerprint density at radius 1 is 0.162 bits per heavy atom. The molecule has 0 N–H and O–H groups in total. The molecule has 0 saturated carbocycles. The maximum atomic E-state index is 2.56. The van der Waals surface area contributed by atoms with Gasteiger partial charge in [0.05, 0.1) is 0 Å². The Hall–Kier alpha value is -8.92. The van der Waals surface area contributed by atoms with Gasteiger partial charge >= 0.3 is 0 Å². The smallest absolute Gasteiger partial charge is 0.0355 e. The van der Waals surface area contributed by atoms with E-state index in [2.05, 4.69) is 243 Å². The van der Waals surface area contributed by atoms with Gasteiger partial charge in [0.2, 0.25) is 0 Å². The minimum absolute atomic E-state index is 1.21. The molecular weight excluding hydrogens is 929 g/mol. The van der Waals surface area contributed by atoms with Crippen molar-refractivity contribution < 1.29 is 0 Å². The van der Waals surface area contributed by atoms with Gasteiger partial charge in [-0.2, -0.15) is 0 Å². The van der Waals surface area contributed by atoms with Crippen molar-refractivity contribution in [2.75, 3.05) is 0 Å². The number of hydrogen-bond donors (Lipinski definition) is 0. The third kappa shape index (κ3) is 5.72. The normalized spacial score (nSPS) is 12.3. The first-order chi connectivity index (χ1) is 36.7. The van der Waals surface area contributed by atoms with E-state index >= 15 is 0 Å². The molecule has 1 aliphatic carbocycles. The van der Waals surface area contributed by atoms with Crippen LogP contribution in [0.15, 0.2) is 243 Å². The van der Waals surface area contributed by atoms with Crippen molar-refractivity contribution in [2.45, 2.75) is 0 Å². The molecule has 17 rings (SSSR count). The van der Waals surface area contributed by atoms with E-state index in [1.807, 2.05) is 22.7 Å². The van der Waals surface area contributed by atoms with E-state index in [-0.39, 0.29) is 0 Å². The molecule has 14 aromatic carbocycles. The summed E-state index contributed by atoms with van der Waals surface area (Å²) in [5.74, 6) is 0. The molecule has 0 spiro atoms. The summed E-state index contributed by atoms with van der Waals surface area (Å²) in [5.41, 5.74) is 14.8. The van der Waals surface area contributed by atoms with Crippen molar-refractivity contribution in [3.05, 3.63) is 243 Å². The molecule has 0 fully saturated rings. The standard InChI is InChI=1S/C72H40S2/c1-5-18-49-45(14-1)46-15-2-6-19-50(46)59-38-63-56-25-13-24-44(43-30-33-71-66(36-43)55-23-10-12-27-69(55)74-71)72(56)67-40-62-52-21-8-4-17-48(52)47-16-3-7-20-51(47)60(62)39-64(67)57-34-41(28-31-53(57)61(63)37-58(49)59)42-29-32-70-65(35-42)54-22-9-11-26-68(54)73-70/h1-40H. The highest BCUT2D eigenvalue weighted by Gasteiger charge is 2.28. The summed E-state index contributed by atoms with van der Waals surface area (Å²) in [4.78, 5) is 0. The molecule has 74 heavy (non-hydrogen) atoms. The van der Waals surface area contributed by atoms with E-state index in [4.69, 9.17) is 0 Å². The minimum Gasteiger partial charge on any atom is -0.135 e. The van der Waals surface area contributed by atoms with Crippen LogP contribution in [-0.4, -0.2) is 0 Å². The summed E-state index contributed by atoms with van der Waals surface area (Å²) in [6.45, 7) is 0. The SMILES string of the molecule is c1cc(-c2ccc3sc4ccccc4c3c2)c2c(c1)-c1cc3c4ccccc4c4ccccc4c3cc1-c1ccc(-c3ccc4sc5ccccc5c4c3)cc1-c1cc3c4ccccc4c4ccccc4c3cc1-2. The van der Waals surface area contributed by atoms with Gasteiger partial charge in [-0.1, -0.05) is 176 Å². The topological polar surface area (TPSA) is 0 Å². The van der Waals surface area contributed by atoms with Gasteiger partial charge in [0.1, 0.15) is 0 Å². The lowest BCUT2D eigenvalue weighted by Crippen LogP contribution is -2.00. The lowest BCUT2D eigenvalue weighted by Gasteiger charge is -2.27. The van der Waals surface area contributed by atoms with E-state index in [9.17, 15) is 0 Å². The Bertz CT molecular complexity index is 5140. The molecule has 2 heterocycles. The number of thiophene rings is 2. The Kier molecular flexibility index (Phi) is 8.41. The molecule has 16 aromatic rings. The summed E-state index contributed by atoms with van der Waals surface area (Å²) in [6, 6.07) is 92.7. The zero-order valence-corrected chi connectivity index (χ0v) is 41.5. The second-order valence-corrected chi connectivity index (χ2v) is 22.3. The van der Waals surface area contributed by atoms with Gasteiger partial charge in [0.15, 0.2) is 0 Å². The fourth-order valence-corrected chi connectivity index (χ4v) is 15.2. The zero-order chi connectivity index (χ0) is 48.2. The van der Waals surface area contributed by atoms with Gasteiger partial charge in [-0.15, -0.1) is 22.7 Å². The van der Waals surface area contributed by atoms with Crippen LogP contribution in [0.3, 0.4) is 0 Å². The Morgan fingerprint density at radius 2 is 0.500 bits per heavy atom. The van der Waals surface area contributed by atoms with Gasteiger partial charge in [-0.05, 0) is 198 Å². The maximum absolute atomic E-state index is 2.56. The van der Waals surface area contributed by atoms with E-state index in [0.717, 1.165) is 0 Å². The van der Waals surface area contributed by atoms with Gasteiger partial charge in [0, 0.05) is 40.3 Å². The molecule has 340 valence electrons. The van der Waals surface area contributed by atoms with Gasteiger partial charge in [-0.25, -0.2) is 0 Å². The zero-order valence-electron chi connectivity index (χ0n) is 39.9. The summed E-state index contributed by atoms with van der Waals surface area (Å²) >= 11 is 3.76. The van der Waals surface area contributed by atoms with Crippen molar-refractivity contribution in [1.82, 2.24) is 0 Å². The molecule has 0 amide bonds. The highest BCUT2D eigenvalue weighted by Crippen LogP contribution is 2.55. The third-order valence-corrected chi connectivity index (χ3v) is 18.7. The van der Waals surface area contributed by atoms with Crippen molar-refractivity contribution >= 4 is 128 Å². The molecule has 2 heteroatoms. The molecule has 0 aliphatic heterocycles. The second-order valence-electron chi connectivity index (χ2n) is 20.2. The Labute approximate surface area is 434 Å². The fourth-order valence-electron chi connectivity index (χ4n) is 13.1. The van der Waals surface area contributed by atoms with Crippen LogP contribution in [0.2, 0.25) is 0 Å². The summed E-state index contributed by atoms with van der Waals surface area (Å²) in [5, 5.41) is 20.5. The van der Waals surface area contributed by atoms with Crippen LogP contribution in [0.25, 0.3) is 172 Å². The number of fused-ring (bicyclic) bond motifs is 26. The van der Waals surface area contributed by atoms with Crippen LogP contribution in [0, 0.1) is 0 Å². The molecule has 2 aromatic heterocycles. The highest BCUT2D eigenvalue weighted by atomic mass is 32.1. The average molecular weight is 969 g/mol. The highest BCUT2D eigenvalue weighted by molar-refractivity contribution is 7.26. The minimum atomic E-state index is 1.21. The second kappa shape index (κ2) is 15.3. The molecule has 0 nitrogen and oxygen atoms in total. The van der Waals surface area contributed by atoms with Crippen molar-refractivity contribution in [2.24, 2.45) is 0 Å². The summed E-state index contributed by atoms with van der Waals surface area (Å²) in [6.07, 6.45) is 0. The quantitative estimate of drug-likeness (QED) is 0.151. The molecule has 1 aliphatic rings. The van der Waals surface area contributed by atoms with Crippen molar-refractivity contribution in [1.29, 1.82) is 0 Å². The van der Waals surface area contributed by atoms with E-state index < -0.39 is 0 Å². The molecular formula is C72H40S2. The lowest BCUT2D eigenvalue weighted by atomic mass is 9.75. The van der Waals surface area contributed by atoms with Crippen LogP contribution in [0.4, 0.5) is 0 Å². The van der Waals surface area contributed by atoms with Crippen LogP contribution in [0.1, 0.15) is 0 Å². The molecule has 0 bridgehead atoms. The predicted molar refractivity (Wildman–Crippen MR) is 323 cm³/mol. The molecule has 0 saturated heterocycles. The number of benzene rings is 14. The van der Waals surface area contributed by atoms with Crippen LogP contribution in [0.5, 0.6) is 0 Å². The predicted octanol–water partition coefficient (Wildman–Crippen LogP) is 21.7. The van der Waals surface area contributed by atoms with Crippen molar-refractivity contribution in [3.8, 4) is 66.8 Å². The molecule has 0 unspecified atom stereocenters.